The number of thiazole rings is 1. The lowest BCUT2D eigenvalue weighted by molar-refractivity contribution is -0.0350. The maximum Gasteiger partial charge on any atom is 0.408 e. The van der Waals surface area contributed by atoms with Gasteiger partial charge < -0.3 is 15.2 Å². The number of piperidine rings is 3. The Kier molecular flexibility index (Phi) is 5.01. The predicted octanol–water partition coefficient (Wildman–Crippen LogP) is 3.71. The zero-order valence-corrected chi connectivity index (χ0v) is 16.8. The third-order valence-corrected chi connectivity index (χ3v) is 6.50. The summed E-state index contributed by atoms with van der Waals surface area (Å²) < 4.78 is 19.0. The Morgan fingerprint density at radius 2 is 2.14 bits per heavy atom. The van der Waals surface area contributed by atoms with E-state index in [0.29, 0.717) is 22.2 Å². The first kappa shape index (κ1) is 19.1. The van der Waals surface area contributed by atoms with Crippen LogP contribution >= 0.6 is 11.3 Å². The van der Waals surface area contributed by atoms with Crippen LogP contribution in [-0.4, -0.2) is 46.8 Å². The van der Waals surface area contributed by atoms with E-state index in [2.05, 4.69) is 15.2 Å². The van der Waals surface area contributed by atoms with Crippen LogP contribution in [0.25, 0.3) is 10.6 Å². The topological polar surface area (TPSA) is 74.7 Å². The van der Waals surface area contributed by atoms with Crippen molar-refractivity contribution in [3.05, 3.63) is 35.1 Å². The van der Waals surface area contributed by atoms with Gasteiger partial charge >= 0.3 is 6.09 Å². The summed E-state index contributed by atoms with van der Waals surface area (Å²) in [4.78, 5) is 19.4. The van der Waals surface area contributed by atoms with Gasteiger partial charge in [-0.05, 0) is 63.9 Å². The molecule has 2 aromatic rings. The van der Waals surface area contributed by atoms with Crippen molar-refractivity contribution in [3.63, 3.8) is 0 Å². The van der Waals surface area contributed by atoms with Crippen LogP contribution in [0.15, 0.2) is 23.6 Å². The molecule has 1 amide bonds. The highest BCUT2D eigenvalue weighted by molar-refractivity contribution is 7.13. The number of phenolic OH excluding ortho intramolecular Hbond substituents is 1. The molecule has 0 radical (unpaired) electrons. The Bertz CT molecular complexity index is 877. The first-order chi connectivity index (χ1) is 13.3. The number of benzene rings is 1. The van der Waals surface area contributed by atoms with Crippen molar-refractivity contribution in [2.24, 2.45) is 5.92 Å². The largest absolute Gasteiger partial charge is 0.505 e. The molecule has 3 aliphatic rings. The minimum atomic E-state index is -0.720. The summed E-state index contributed by atoms with van der Waals surface area (Å²) in [5.74, 6) is -0.623. The van der Waals surface area contributed by atoms with E-state index in [1.165, 1.54) is 23.5 Å². The summed E-state index contributed by atoms with van der Waals surface area (Å²) >= 11 is 1.37. The Labute approximate surface area is 167 Å². The maximum atomic E-state index is 13.3. The van der Waals surface area contributed by atoms with E-state index < -0.39 is 23.2 Å². The molecule has 3 aliphatic heterocycles. The van der Waals surface area contributed by atoms with Crippen LogP contribution in [0.1, 0.15) is 32.4 Å². The third-order valence-electron chi connectivity index (χ3n) is 5.61. The van der Waals surface area contributed by atoms with Crippen LogP contribution in [0.2, 0.25) is 0 Å². The molecule has 5 rings (SSSR count). The number of hydrogen-bond acceptors (Lipinski definition) is 6. The minimum Gasteiger partial charge on any atom is -0.505 e. The van der Waals surface area contributed by atoms with Crippen molar-refractivity contribution < 1.29 is 19.0 Å². The standard InChI is InChI=1S/C20H24FN3O3S/c1-20(2,23-19(26)27-16-10-24-7-5-12(16)6-8-24)17-11-28-18(22-17)13-3-4-14(21)15(25)9-13/h3-4,9,11-12,16,25H,5-8,10H2,1-2H3,(H,23,26)/t16-/m1/s1. The van der Waals surface area contributed by atoms with Gasteiger partial charge in [-0.25, -0.2) is 14.2 Å². The fraction of sp³-hybridized carbons (Fsp3) is 0.500. The van der Waals surface area contributed by atoms with Crippen LogP contribution in [0.3, 0.4) is 0 Å². The Hall–Kier alpha value is -2.19. The van der Waals surface area contributed by atoms with E-state index in [-0.39, 0.29) is 6.10 Å². The van der Waals surface area contributed by atoms with Gasteiger partial charge in [0.15, 0.2) is 11.6 Å². The Morgan fingerprint density at radius 1 is 1.39 bits per heavy atom. The lowest BCUT2D eigenvalue weighted by Gasteiger charge is -2.44. The number of aromatic nitrogens is 1. The summed E-state index contributed by atoms with van der Waals surface area (Å²) in [6.45, 7) is 6.74. The highest BCUT2D eigenvalue weighted by Crippen LogP contribution is 2.32. The van der Waals surface area contributed by atoms with Crippen molar-refractivity contribution in [1.82, 2.24) is 15.2 Å². The predicted molar refractivity (Wildman–Crippen MR) is 105 cm³/mol. The quantitative estimate of drug-likeness (QED) is 0.811. The lowest BCUT2D eigenvalue weighted by Crippen LogP contribution is -2.53. The fourth-order valence-electron chi connectivity index (χ4n) is 3.87. The number of ether oxygens (including phenoxy) is 1. The molecule has 1 atom stereocenters. The number of nitrogens with zero attached hydrogens (tertiary/aromatic N) is 2. The van der Waals surface area contributed by atoms with Gasteiger partial charge in [-0.3, -0.25) is 4.90 Å². The number of phenols is 1. The number of aromatic hydroxyl groups is 1. The van der Waals surface area contributed by atoms with Gasteiger partial charge in [0, 0.05) is 17.5 Å². The minimum absolute atomic E-state index is 0.0496. The zero-order valence-electron chi connectivity index (χ0n) is 15.9. The molecule has 1 aromatic carbocycles. The summed E-state index contributed by atoms with van der Waals surface area (Å²) in [5, 5.41) is 15.0. The molecule has 3 saturated heterocycles. The molecule has 6 nitrogen and oxygen atoms in total. The van der Waals surface area contributed by atoms with Crippen molar-refractivity contribution in [1.29, 1.82) is 0 Å². The molecule has 1 aromatic heterocycles. The van der Waals surface area contributed by atoms with Gasteiger partial charge in [0.05, 0.1) is 11.2 Å². The summed E-state index contributed by atoms with van der Waals surface area (Å²) in [6.07, 6.45) is 1.69. The molecule has 28 heavy (non-hydrogen) atoms. The molecule has 0 unspecified atom stereocenters. The monoisotopic (exact) mass is 405 g/mol. The number of nitrogens with one attached hydrogen (secondary N) is 1. The number of carbonyl (C=O) groups excluding carboxylic acids is 1. The average Bonchev–Trinajstić information content (AvgIpc) is 3.16. The number of fused-ring (bicyclic) bond motifs is 3. The molecule has 150 valence electrons. The summed E-state index contributed by atoms with van der Waals surface area (Å²) in [6, 6.07) is 4.13. The molecule has 8 heteroatoms. The van der Waals surface area contributed by atoms with Crippen molar-refractivity contribution in [2.45, 2.75) is 38.3 Å². The van der Waals surface area contributed by atoms with Crippen LogP contribution in [0, 0.1) is 11.7 Å². The zero-order chi connectivity index (χ0) is 19.9. The van der Waals surface area contributed by atoms with Gasteiger partial charge in [0.2, 0.25) is 0 Å². The molecule has 2 N–H and O–H groups in total. The van der Waals surface area contributed by atoms with E-state index >= 15 is 0 Å². The average molecular weight is 405 g/mol. The van der Waals surface area contributed by atoms with E-state index in [1.807, 2.05) is 19.2 Å². The van der Waals surface area contributed by atoms with Crippen molar-refractivity contribution in [2.75, 3.05) is 19.6 Å². The van der Waals surface area contributed by atoms with E-state index in [9.17, 15) is 14.3 Å². The Morgan fingerprint density at radius 3 is 2.79 bits per heavy atom. The normalized spacial score (nSPS) is 24.2. The number of alkyl carbamates (subject to hydrolysis) is 1. The van der Waals surface area contributed by atoms with Gasteiger partial charge in [0.25, 0.3) is 0 Å². The second-order valence-electron chi connectivity index (χ2n) is 8.04. The van der Waals surface area contributed by atoms with Gasteiger partial charge in [-0.15, -0.1) is 11.3 Å². The molecule has 0 aliphatic carbocycles. The van der Waals surface area contributed by atoms with Crippen LogP contribution in [0.4, 0.5) is 9.18 Å². The van der Waals surface area contributed by atoms with E-state index in [4.69, 9.17) is 4.74 Å². The van der Waals surface area contributed by atoms with E-state index in [1.54, 1.807) is 6.07 Å². The Balaban J connectivity index is 1.42. The second-order valence-corrected chi connectivity index (χ2v) is 8.89. The number of halogens is 1. The lowest BCUT2D eigenvalue weighted by atomic mass is 9.86. The SMILES string of the molecule is CC(C)(NC(=O)O[C@@H]1CN2CCC1CC2)c1csc(-c2ccc(F)c(O)c2)n1. The number of amides is 1. The van der Waals surface area contributed by atoms with Gasteiger partial charge in [0.1, 0.15) is 11.1 Å². The molecule has 0 saturated carbocycles. The third kappa shape index (κ3) is 3.84. The highest BCUT2D eigenvalue weighted by atomic mass is 32.1. The fourth-order valence-corrected chi connectivity index (χ4v) is 4.85. The second kappa shape index (κ2) is 7.33. The smallest absolute Gasteiger partial charge is 0.408 e. The van der Waals surface area contributed by atoms with Crippen molar-refractivity contribution >= 4 is 17.4 Å². The van der Waals surface area contributed by atoms with Crippen LogP contribution in [-0.2, 0) is 10.3 Å². The number of carbonyl (C=O) groups is 1. The number of hydrogen-bond donors (Lipinski definition) is 2. The first-order valence-electron chi connectivity index (χ1n) is 9.48. The molecule has 0 spiro atoms. The van der Waals surface area contributed by atoms with Crippen molar-refractivity contribution in [3.8, 4) is 16.3 Å². The van der Waals surface area contributed by atoms with Crippen LogP contribution in [0.5, 0.6) is 5.75 Å². The van der Waals surface area contributed by atoms with E-state index in [0.717, 1.165) is 32.5 Å². The first-order valence-corrected chi connectivity index (χ1v) is 10.4. The molecule has 2 bridgehead atoms. The maximum absolute atomic E-state index is 13.3. The molecule has 3 fully saturated rings. The summed E-state index contributed by atoms with van der Waals surface area (Å²) in [5.41, 5.74) is 0.588. The molecular weight excluding hydrogens is 381 g/mol. The highest BCUT2D eigenvalue weighted by Gasteiger charge is 2.37. The van der Waals surface area contributed by atoms with Crippen LogP contribution < -0.4 is 5.32 Å². The van der Waals surface area contributed by atoms with Gasteiger partial charge in [-0.2, -0.15) is 0 Å². The molecule has 4 heterocycles. The summed E-state index contributed by atoms with van der Waals surface area (Å²) in [7, 11) is 0. The molecular formula is C20H24FN3O3S. The number of rotatable bonds is 4. The van der Waals surface area contributed by atoms with Gasteiger partial charge in [-0.1, -0.05) is 0 Å².